The van der Waals surface area contributed by atoms with Crippen LogP contribution >= 0.6 is 23.2 Å². The Morgan fingerprint density at radius 1 is 1.31 bits per heavy atom. The monoisotopic (exact) mass is 263 g/mol. The third kappa shape index (κ3) is 4.28. The van der Waals surface area contributed by atoms with Gasteiger partial charge in [0.2, 0.25) is 0 Å². The minimum atomic E-state index is -0.248. The SMILES string of the molecule is CCCN(CCCl)Cc1cc(F)ccc1Cl. The topological polar surface area (TPSA) is 3.24 Å². The zero-order valence-corrected chi connectivity index (χ0v) is 10.9. The third-order valence-electron chi connectivity index (χ3n) is 2.34. The van der Waals surface area contributed by atoms with E-state index in [1.54, 1.807) is 6.07 Å². The first-order valence-electron chi connectivity index (χ1n) is 5.39. The van der Waals surface area contributed by atoms with Crippen LogP contribution in [-0.2, 0) is 6.54 Å². The lowest BCUT2D eigenvalue weighted by Gasteiger charge is -2.21. The van der Waals surface area contributed by atoms with Crippen molar-refractivity contribution >= 4 is 23.2 Å². The number of benzene rings is 1. The van der Waals surface area contributed by atoms with E-state index in [1.807, 2.05) is 0 Å². The molecule has 4 heteroatoms. The lowest BCUT2D eigenvalue weighted by atomic mass is 10.2. The van der Waals surface area contributed by atoms with Crippen LogP contribution in [0.5, 0.6) is 0 Å². The second kappa shape index (κ2) is 7.10. The fourth-order valence-electron chi connectivity index (χ4n) is 1.61. The van der Waals surface area contributed by atoms with E-state index in [9.17, 15) is 4.39 Å². The Kier molecular flexibility index (Phi) is 6.10. The van der Waals surface area contributed by atoms with Crippen molar-refractivity contribution in [3.63, 3.8) is 0 Å². The molecule has 0 radical (unpaired) electrons. The summed E-state index contributed by atoms with van der Waals surface area (Å²) in [6.45, 7) is 4.49. The highest BCUT2D eigenvalue weighted by atomic mass is 35.5. The van der Waals surface area contributed by atoms with E-state index in [-0.39, 0.29) is 5.82 Å². The molecule has 0 aliphatic rings. The predicted molar refractivity (Wildman–Crippen MR) is 67.7 cm³/mol. The first kappa shape index (κ1) is 13.8. The maximum atomic E-state index is 13.1. The molecule has 0 N–H and O–H groups in total. The van der Waals surface area contributed by atoms with Crippen LogP contribution < -0.4 is 0 Å². The molecule has 0 amide bonds. The second-order valence-corrected chi connectivity index (χ2v) is 4.49. The van der Waals surface area contributed by atoms with Crippen LogP contribution in [0.2, 0.25) is 5.02 Å². The second-order valence-electron chi connectivity index (χ2n) is 3.70. The van der Waals surface area contributed by atoms with Crippen LogP contribution in [0.15, 0.2) is 18.2 Å². The van der Waals surface area contributed by atoms with Gasteiger partial charge < -0.3 is 0 Å². The van der Waals surface area contributed by atoms with Gasteiger partial charge in [0.25, 0.3) is 0 Å². The van der Waals surface area contributed by atoms with Crippen molar-refractivity contribution in [2.45, 2.75) is 19.9 Å². The van der Waals surface area contributed by atoms with E-state index in [2.05, 4.69) is 11.8 Å². The van der Waals surface area contributed by atoms with Crippen LogP contribution in [-0.4, -0.2) is 23.9 Å². The molecular weight excluding hydrogens is 248 g/mol. The molecule has 1 aromatic carbocycles. The molecule has 0 heterocycles. The smallest absolute Gasteiger partial charge is 0.123 e. The van der Waals surface area contributed by atoms with Crippen molar-refractivity contribution in [2.24, 2.45) is 0 Å². The van der Waals surface area contributed by atoms with Crippen molar-refractivity contribution in [3.8, 4) is 0 Å². The number of hydrogen-bond acceptors (Lipinski definition) is 1. The van der Waals surface area contributed by atoms with Gasteiger partial charge in [0, 0.05) is 24.0 Å². The summed E-state index contributed by atoms with van der Waals surface area (Å²) < 4.78 is 13.1. The van der Waals surface area contributed by atoms with Gasteiger partial charge in [0.05, 0.1) is 0 Å². The van der Waals surface area contributed by atoms with Crippen LogP contribution in [0.3, 0.4) is 0 Å². The molecule has 90 valence electrons. The zero-order valence-electron chi connectivity index (χ0n) is 9.35. The Balaban J connectivity index is 2.71. The number of rotatable bonds is 6. The van der Waals surface area contributed by atoms with Crippen molar-refractivity contribution in [2.75, 3.05) is 19.0 Å². The van der Waals surface area contributed by atoms with E-state index in [0.717, 1.165) is 25.1 Å². The number of halogens is 3. The average Bonchev–Trinajstić information content (AvgIpc) is 2.24. The third-order valence-corrected chi connectivity index (χ3v) is 2.88. The highest BCUT2D eigenvalue weighted by molar-refractivity contribution is 6.31. The Morgan fingerprint density at radius 2 is 2.06 bits per heavy atom. The predicted octanol–water partition coefficient (Wildman–Crippen LogP) is 3.93. The van der Waals surface area contributed by atoms with Gasteiger partial charge in [-0.05, 0) is 36.7 Å². The molecule has 0 saturated heterocycles. The summed E-state index contributed by atoms with van der Waals surface area (Å²) in [6.07, 6.45) is 1.05. The van der Waals surface area contributed by atoms with Crippen molar-refractivity contribution in [1.29, 1.82) is 0 Å². The molecule has 0 atom stereocenters. The summed E-state index contributed by atoms with van der Waals surface area (Å²) in [6, 6.07) is 4.45. The zero-order chi connectivity index (χ0) is 12.0. The van der Waals surface area contributed by atoms with Gasteiger partial charge in [-0.15, -0.1) is 11.6 Å². The van der Waals surface area contributed by atoms with Gasteiger partial charge in [0.15, 0.2) is 0 Å². The van der Waals surface area contributed by atoms with Gasteiger partial charge in [-0.3, -0.25) is 4.90 Å². The van der Waals surface area contributed by atoms with Crippen LogP contribution in [0.25, 0.3) is 0 Å². The van der Waals surface area contributed by atoms with E-state index >= 15 is 0 Å². The van der Waals surface area contributed by atoms with Crippen molar-refractivity contribution in [1.82, 2.24) is 4.90 Å². The fourth-order valence-corrected chi connectivity index (χ4v) is 2.03. The van der Waals surface area contributed by atoms with Crippen molar-refractivity contribution < 1.29 is 4.39 Å². The van der Waals surface area contributed by atoms with E-state index in [4.69, 9.17) is 23.2 Å². The highest BCUT2D eigenvalue weighted by Gasteiger charge is 2.08. The van der Waals surface area contributed by atoms with Crippen LogP contribution in [0.1, 0.15) is 18.9 Å². The molecule has 0 unspecified atom stereocenters. The van der Waals surface area contributed by atoms with Crippen LogP contribution in [0, 0.1) is 5.82 Å². The largest absolute Gasteiger partial charge is 0.298 e. The molecule has 0 spiro atoms. The molecule has 1 rings (SSSR count). The molecule has 0 aliphatic carbocycles. The Hall–Kier alpha value is -0.310. The number of hydrogen-bond donors (Lipinski definition) is 0. The first-order chi connectivity index (χ1) is 7.67. The molecule has 0 bridgehead atoms. The summed E-state index contributed by atoms with van der Waals surface area (Å²) >= 11 is 11.7. The van der Waals surface area contributed by atoms with Gasteiger partial charge in [0.1, 0.15) is 5.82 Å². The highest BCUT2D eigenvalue weighted by Crippen LogP contribution is 2.19. The summed E-state index contributed by atoms with van der Waals surface area (Å²) in [4.78, 5) is 2.17. The number of nitrogens with zero attached hydrogens (tertiary/aromatic N) is 1. The summed E-state index contributed by atoms with van der Waals surface area (Å²) in [5, 5.41) is 0.608. The van der Waals surface area contributed by atoms with Gasteiger partial charge in [-0.1, -0.05) is 18.5 Å². The average molecular weight is 264 g/mol. The normalized spacial score (nSPS) is 11.1. The van der Waals surface area contributed by atoms with E-state index in [0.29, 0.717) is 17.4 Å². The fraction of sp³-hybridized carbons (Fsp3) is 0.500. The maximum absolute atomic E-state index is 13.1. The van der Waals surface area contributed by atoms with Crippen molar-refractivity contribution in [3.05, 3.63) is 34.6 Å². The maximum Gasteiger partial charge on any atom is 0.123 e. The Morgan fingerprint density at radius 3 is 2.69 bits per heavy atom. The summed E-state index contributed by atoms with van der Waals surface area (Å²) in [5.41, 5.74) is 0.820. The van der Waals surface area contributed by atoms with E-state index in [1.165, 1.54) is 12.1 Å². The minimum absolute atomic E-state index is 0.248. The molecule has 1 aromatic rings. The minimum Gasteiger partial charge on any atom is -0.298 e. The number of alkyl halides is 1. The molecule has 1 nitrogen and oxygen atoms in total. The molecule has 0 aliphatic heterocycles. The van der Waals surface area contributed by atoms with Gasteiger partial charge in [-0.2, -0.15) is 0 Å². The van der Waals surface area contributed by atoms with Gasteiger partial charge >= 0.3 is 0 Å². The standard InChI is InChI=1S/C12H16Cl2FN/c1-2-6-16(7-5-13)9-10-8-11(15)3-4-12(10)14/h3-4,8H,2,5-7,9H2,1H3. The Bertz CT molecular complexity index is 325. The summed E-state index contributed by atoms with van der Waals surface area (Å²) in [7, 11) is 0. The first-order valence-corrected chi connectivity index (χ1v) is 6.31. The van der Waals surface area contributed by atoms with E-state index < -0.39 is 0 Å². The lowest BCUT2D eigenvalue weighted by Crippen LogP contribution is -2.26. The van der Waals surface area contributed by atoms with Crippen LogP contribution in [0.4, 0.5) is 4.39 Å². The molecule has 0 saturated carbocycles. The molecule has 0 aromatic heterocycles. The molecular formula is C12H16Cl2FN. The van der Waals surface area contributed by atoms with Gasteiger partial charge in [-0.25, -0.2) is 4.39 Å². The molecule has 16 heavy (non-hydrogen) atoms. The Labute approximate surface area is 106 Å². The summed E-state index contributed by atoms with van der Waals surface area (Å²) in [5.74, 6) is 0.328. The quantitative estimate of drug-likeness (QED) is 0.704. The lowest BCUT2D eigenvalue weighted by molar-refractivity contribution is 0.282. The molecule has 0 fully saturated rings.